The summed E-state index contributed by atoms with van der Waals surface area (Å²) in [6, 6.07) is 7.58. The van der Waals surface area contributed by atoms with Gasteiger partial charge in [-0.15, -0.1) is 11.3 Å². The number of hydrogen-bond donors (Lipinski definition) is 2. The van der Waals surface area contributed by atoms with Crippen LogP contribution in [0.15, 0.2) is 35.8 Å². The van der Waals surface area contributed by atoms with Gasteiger partial charge in [0.25, 0.3) is 0 Å². The van der Waals surface area contributed by atoms with Crippen LogP contribution in [-0.4, -0.2) is 22.6 Å². The lowest BCUT2D eigenvalue weighted by Gasteiger charge is -2.02. The first-order valence-corrected chi connectivity index (χ1v) is 6.55. The number of carboxylic acids is 1. The predicted octanol–water partition coefficient (Wildman–Crippen LogP) is 2.17. The molecule has 0 aromatic carbocycles. The molecule has 0 unspecified atom stereocenters. The Bertz CT molecular complexity index is 511. The van der Waals surface area contributed by atoms with Crippen LogP contribution in [0.2, 0.25) is 0 Å². The molecule has 4 nitrogen and oxygen atoms in total. The van der Waals surface area contributed by atoms with Gasteiger partial charge in [-0.25, -0.2) is 4.79 Å². The van der Waals surface area contributed by atoms with Gasteiger partial charge in [0.15, 0.2) is 0 Å². The van der Waals surface area contributed by atoms with E-state index in [2.05, 4.69) is 10.3 Å². The molecule has 2 N–H and O–H groups in total. The number of thiophene rings is 1. The molecule has 0 spiro atoms. The molecule has 18 heavy (non-hydrogen) atoms. The van der Waals surface area contributed by atoms with Crippen LogP contribution in [0, 0.1) is 0 Å². The lowest BCUT2D eigenvalue weighted by atomic mass is 10.2. The van der Waals surface area contributed by atoms with Crippen molar-refractivity contribution in [2.24, 2.45) is 0 Å². The van der Waals surface area contributed by atoms with E-state index in [9.17, 15) is 4.79 Å². The zero-order chi connectivity index (χ0) is 12.8. The van der Waals surface area contributed by atoms with Gasteiger partial charge in [-0.1, -0.05) is 6.07 Å². The van der Waals surface area contributed by atoms with E-state index in [1.165, 1.54) is 11.3 Å². The quantitative estimate of drug-likeness (QED) is 0.783. The second kappa shape index (κ2) is 6.28. The molecule has 0 bridgehead atoms. The van der Waals surface area contributed by atoms with E-state index in [-0.39, 0.29) is 0 Å². The molecule has 0 aliphatic rings. The molecular formula is C13H14N2O2S. The maximum Gasteiger partial charge on any atom is 0.336 e. The molecule has 2 rings (SSSR count). The van der Waals surface area contributed by atoms with E-state index in [0.717, 1.165) is 23.5 Å². The van der Waals surface area contributed by atoms with Crippen molar-refractivity contribution in [2.75, 3.05) is 6.54 Å². The van der Waals surface area contributed by atoms with Crippen LogP contribution < -0.4 is 5.32 Å². The van der Waals surface area contributed by atoms with Crippen molar-refractivity contribution in [3.63, 3.8) is 0 Å². The summed E-state index contributed by atoms with van der Waals surface area (Å²) in [6.07, 6.45) is 2.66. The smallest absolute Gasteiger partial charge is 0.336 e. The second-order valence-electron chi connectivity index (χ2n) is 3.85. The number of hydrogen-bond acceptors (Lipinski definition) is 4. The van der Waals surface area contributed by atoms with Crippen LogP contribution in [0.1, 0.15) is 20.9 Å². The summed E-state index contributed by atoms with van der Waals surface area (Å²) in [4.78, 5) is 16.0. The maximum absolute atomic E-state index is 10.7. The number of nitrogens with zero attached hydrogens (tertiary/aromatic N) is 1. The standard InChI is InChI=1S/C13H14N2O2S/c16-13(17)10-7-12(18-9-10)8-14-6-4-11-3-1-2-5-15-11/h1-3,5,7,9,14H,4,6,8H2,(H,16,17). The van der Waals surface area contributed by atoms with Crippen molar-refractivity contribution in [2.45, 2.75) is 13.0 Å². The summed E-state index contributed by atoms with van der Waals surface area (Å²) in [6.45, 7) is 1.53. The van der Waals surface area contributed by atoms with Crippen LogP contribution in [0.4, 0.5) is 0 Å². The molecule has 0 saturated carbocycles. The third kappa shape index (κ3) is 3.65. The van der Waals surface area contributed by atoms with E-state index in [1.54, 1.807) is 17.6 Å². The minimum absolute atomic E-state index is 0.363. The van der Waals surface area contributed by atoms with E-state index < -0.39 is 5.97 Å². The minimum atomic E-state index is -0.869. The van der Waals surface area contributed by atoms with Crippen LogP contribution in [0.5, 0.6) is 0 Å². The van der Waals surface area contributed by atoms with E-state index in [4.69, 9.17) is 5.11 Å². The number of aromatic carboxylic acids is 1. The highest BCUT2D eigenvalue weighted by molar-refractivity contribution is 7.10. The Balaban J connectivity index is 1.73. The molecule has 0 amide bonds. The topological polar surface area (TPSA) is 62.2 Å². The first-order valence-electron chi connectivity index (χ1n) is 5.67. The van der Waals surface area contributed by atoms with Crippen molar-refractivity contribution < 1.29 is 9.90 Å². The molecule has 2 aromatic heterocycles. The summed E-state index contributed by atoms with van der Waals surface area (Å²) in [7, 11) is 0. The van der Waals surface area contributed by atoms with Gasteiger partial charge in [0.2, 0.25) is 0 Å². The van der Waals surface area contributed by atoms with Gasteiger partial charge < -0.3 is 10.4 Å². The lowest BCUT2D eigenvalue weighted by molar-refractivity contribution is 0.0697. The zero-order valence-electron chi connectivity index (χ0n) is 9.80. The highest BCUT2D eigenvalue weighted by atomic mass is 32.1. The van der Waals surface area contributed by atoms with Gasteiger partial charge in [0, 0.05) is 41.7 Å². The summed E-state index contributed by atoms with van der Waals surface area (Å²) in [5, 5.41) is 13.7. The SMILES string of the molecule is O=C(O)c1csc(CNCCc2ccccn2)c1. The monoisotopic (exact) mass is 262 g/mol. The number of nitrogens with one attached hydrogen (secondary N) is 1. The molecule has 0 fully saturated rings. The first kappa shape index (κ1) is 12.7. The second-order valence-corrected chi connectivity index (χ2v) is 4.85. The predicted molar refractivity (Wildman–Crippen MR) is 70.9 cm³/mol. The maximum atomic E-state index is 10.7. The fraction of sp³-hybridized carbons (Fsp3) is 0.231. The molecule has 0 saturated heterocycles. The fourth-order valence-corrected chi connectivity index (χ4v) is 2.39. The Morgan fingerprint density at radius 1 is 1.44 bits per heavy atom. The largest absolute Gasteiger partial charge is 0.478 e. The van der Waals surface area contributed by atoms with Gasteiger partial charge >= 0.3 is 5.97 Å². The summed E-state index contributed by atoms with van der Waals surface area (Å²) in [5.74, 6) is -0.869. The molecule has 5 heteroatoms. The van der Waals surface area contributed by atoms with Gasteiger partial charge in [0.1, 0.15) is 0 Å². The lowest BCUT2D eigenvalue weighted by Crippen LogP contribution is -2.16. The average Bonchev–Trinajstić information content (AvgIpc) is 2.85. The highest BCUT2D eigenvalue weighted by Crippen LogP contribution is 2.14. The Morgan fingerprint density at radius 3 is 3.00 bits per heavy atom. The van der Waals surface area contributed by atoms with Gasteiger partial charge in [-0.05, 0) is 18.2 Å². The highest BCUT2D eigenvalue weighted by Gasteiger charge is 2.05. The Kier molecular flexibility index (Phi) is 4.44. The molecule has 0 aliphatic heterocycles. The summed E-state index contributed by atoms with van der Waals surface area (Å²) >= 11 is 1.47. The molecule has 94 valence electrons. The minimum Gasteiger partial charge on any atom is -0.478 e. The molecule has 2 aromatic rings. The molecule has 2 heterocycles. The normalized spacial score (nSPS) is 10.4. The fourth-order valence-electron chi connectivity index (χ4n) is 1.56. The molecular weight excluding hydrogens is 248 g/mol. The zero-order valence-corrected chi connectivity index (χ0v) is 10.6. The number of carbonyl (C=O) groups is 1. The number of carboxylic acid groups (broad SMARTS) is 1. The van der Waals surface area contributed by atoms with Crippen LogP contribution in [-0.2, 0) is 13.0 Å². The Hall–Kier alpha value is -1.72. The van der Waals surface area contributed by atoms with Crippen LogP contribution >= 0.6 is 11.3 Å². The van der Waals surface area contributed by atoms with Gasteiger partial charge in [-0.2, -0.15) is 0 Å². The molecule has 0 atom stereocenters. The third-order valence-corrected chi connectivity index (χ3v) is 3.42. The van der Waals surface area contributed by atoms with Gasteiger partial charge in [0.05, 0.1) is 5.56 Å². The molecule has 0 aliphatic carbocycles. The van der Waals surface area contributed by atoms with Crippen molar-refractivity contribution in [1.29, 1.82) is 0 Å². The van der Waals surface area contributed by atoms with Crippen LogP contribution in [0.25, 0.3) is 0 Å². The number of aromatic nitrogens is 1. The molecule has 0 radical (unpaired) electrons. The van der Waals surface area contributed by atoms with Crippen LogP contribution in [0.3, 0.4) is 0 Å². The van der Waals surface area contributed by atoms with Gasteiger partial charge in [-0.3, -0.25) is 4.98 Å². The van der Waals surface area contributed by atoms with E-state index in [1.807, 2.05) is 18.2 Å². The van der Waals surface area contributed by atoms with Crippen molar-refractivity contribution >= 4 is 17.3 Å². The average molecular weight is 262 g/mol. The van der Waals surface area contributed by atoms with Crippen molar-refractivity contribution in [1.82, 2.24) is 10.3 Å². The van der Waals surface area contributed by atoms with E-state index >= 15 is 0 Å². The van der Waals surface area contributed by atoms with E-state index in [0.29, 0.717) is 12.1 Å². The Morgan fingerprint density at radius 2 is 2.33 bits per heavy atom. The number of pyridine rings is 1. The third-order valence-electron chi connectivity index (χ3n) is 2.48. The summed E-state index contributed by atoms with van der Waals surface area (Å²) < 4.78 is 0. The van der Waals surface area contributed by atoms with Crippen molar-refractivity contribution in [3.05, 3.63) is 52.0 Å². The first-order chi connectivity index (χ1) is 8.75. The van der Waals surface area contributed by atoms with Crippen molar-refractivity contribution in [3.8, 4) is 0 Å². The number of rotatable bonds is 6. The summed E-state index contributed by atoms with van der Waals surface area (Å²) in [5.41, 5.74) is 1.42. The Labute approximate surface area is 109 Å².